The Hall–Kier alpha value is -1.98. The van der Waals surface area contributed by atoms with Gasteiger partial charge in [-0.3, -0.25) is 4.79 Å². The Morgan fingerprint density at radius 3 is 2.13 bits per heavy atom. The van der Waals surface area contributed by atoms with Gasteiger partial charge in [0.2, 0.25) is 0 Å². The van der Waals surface area contributed by atoms with E-state index in [0.29, 0.717) is 43.8 Å². The van der Waals surface area contributed by atoms with Crippen LogP contribution in [0.4, 0.5) is 4.79 Å². The van der Waals surface area contributed by atoms with E-state index in [1.165, 1.54) is 0 Å². The van der Waals surface area contributed by atoms with Gasteiger partial charge in [0.1, 0.15) is 11.4 Å². The maximum absolute atomic E-state index is 12.4. The summed E-state index contributed by atoms with van der Waals surface area (Å²) in [5, 5.41) is 0. The number of likely N-dealkylation sites (tertiary alicyclic amines) is 2. The highest BCUT2D eigenvalue weighted by atomic mass is 16.6. The summed E-state index contributed by atoms with van der Waals surface area (Å²) in [6.45, 7) is 10.1. The number of amides is 2. The Balaban J connectivity index is 1.57. The molecule has 0 radical (unpaired) electrons. The zero-order chi connectivity index (χ0) is 16.8. The van der Waals surface area contributed by atoms with Crippen LogP contribution in [-0.2, 0) is 4.74 Å². The smallest absolute Gasteiger partial charge is 0.410 e. The maximum Gasteiger partial charge on any atom is 0.410 e. The molecule has 0 spiro atoms. The molecule has 2 aliphatic rings. The molecular weight excluding hydrogens is 296 g/mol. The molecule has 23 heavy (non-hydrogen) atoms. The van der Waals surface area contributed by atoms with Crippen LogP contribution >= 0.6 is 0 Å². The van der Waals surface area contributed by atoms with Gasteiger partial charge in [-0.1, -0.05) is 0 Å². The second-order valence-electron chi connectivity index (χ2n) is 7.53. The Labute approximate surface area is 136 Å². The normalized spacial score (nSPS) is 24.0. The van der Waals surface area contributed by atoms with E-state index in [0.717, 1.165) is 5.76 Å². The quantitative estimate of drug-likeness (QED) is 0.797. The Kier molecular flexibility index (Phi) is 3.86. The molecule has 126 valence electrons. The predicted octanol–water partition coefficient (Wildman–Crippen LogP) is 2.53. The van der Waals surface area contributed by atoms with Crippen LogP contribution in [0.3, 0.4) is 0 Å². The lowest BCUT2D eigenvalue weighted by molar-refractivity contribution is 0.0275. The molecular formula is C17H24N2O4. The standard InChI is InChI=1S/C17H24N2O4/c1-11-5-6-14(22-11)15(20)18-7-12-9-19(10-13(12)8-18)16(21)23-17(2,3)4/h5-6,12-13H,7-10H2,1-4H3. The van der Waals surface area contributed by atoms with Crippen molar-refractivity contribution < 1.29 is 18.7 Å². The van der Waals surface area contributed by atoms with Gasteiger partial charge in [0.25, 0.3) is 5.91 Å². The molecule has 3 heterocycles. The number of rotatable bonds is 1. The highest BCUT2D eigenvalue weighted by Gasteiger charge is 2.44. The largest absolute Gasteiger partial charge is 0.456 e. The van der Waals surface area contributed by atoms with Gasteiger partial charge in [-0.05, 0) is 39.8 Å². The minimum absolute atomic E-state index is 0.0590. The topological polar surface area (TPSA) is 63.0 Å². The van der Waals surface area contributed by atoms with Crippen LogP contribution in [0.2, 0.25) is 0 Å². The number of carbonyl (C=O) groups is 2. The molecule has 2 fully saturated rings. The second kappa shape index (κ2) is 5.58. The van der Waals surface area contributed by atoms with Crippen LogP contribution in [-0.4, -0.2) is 53.6 Å². The molecule has 1 aromatic heterocycles. The first kappa shape index (κ1) is 15.9. The minimum atomic E-state index is -0.478. The van der Waals surface area contributed by atoms with Crippen LogP contribution in [0.15, 0.2) is 16.5 Å². The molecule has 0 saturated carbocycles. The second-order valence-corrected chi connectivity index (χ2v) is 7.53. The van der Waals surface area contributed by atoms with E-state index >= 15 is 0 Å². The van der Waals surface area contributed by atoms with Crippen LogP contribution < -0.4 is 0 Å². The van der Waals surface area contributed by atoms with Crippen molar-refractivity contribution in [2.75, 3.05) is 26.2 Å². The van der Waals surface area contributed by atoms with E-state index in [-0.39, 0.29) is 12.0 Å². The monoisotopic (exact) mass is 320 g/mol. The van der Waals surface area contributed by atoms with Crippen molar-refractivity contribution in [2.45, 2.75) is 33.3 Å². The number of furan rings is 1. The minimum Gasteiger partial charge on any atom is -0.456 e. The number of hydrogen-bond acceptors (Lipinski definition) is 4. The molecule has 2 aliphatic heterocycles. The van der Waals surface area contributed by atoms with Crippen LogP contribution in [0.5, 0.6) is 0 Å². The fraction of sp³-hybridized carbons (Fsp3) is 0.647. The maximum atomic E-state index is 12.4. The molecule has 0 bridgehead atoms. The average molecular weight is 320 g/mol. The molecule has 2 saturated heterocycles. The van der Waals surface area contributed by atoms with Gasteiger partial charge in [0.15, 0.2) is 5.76 Å². The first-order valence-corrected chi connectivity index (χ1v) is 8.06. The van der Waals surface area contributed by atoms with Crippen molar-refractivity contribution in [1.29, 1.82) is 0 Å². The lowest BCUT2D eigenvalue weighted by Gasteiger charge is -2.25. The highest BCUT2D eigenvalue weighted by molar-refractivity contribution is 5.91. The highest BCUT2D eigenvalue weighted by Crippen LogP contribution is 2.32. The van der Waals surface area contributed by atoms with Gasteiger partial charge >= 0.3 is 6.09 Å². The fourth-order valence-corrected chi connectivity index (χ4v) is 3.34. The zero-order valence-electron chi connectivity index (χ0n) is 14.2. The Morgan fingerprint density at radius 2 is 1.65 bits per heavy atom. The summed E-state index contributed by atoms with van der Waals surface area (Å²) in [5.74, 6) is 1.72. The first-order valence-electron chi connectivity index (χ1n) is 8.06. The third-order valence-corrected chi connectivity index (χ3v) is 4.38. The van der Waals surface area contributed by atoms with Crippen molar-refractivity contribution in [1.82, 2.24) is 9.80 Å². The third-order valence-electron chi connectivity index (χ3n) is 4.38. The third kappa shape index (κ3) is 3.35. The number of ether oxygens (including phenoxy) is 1. The lowest BCUT2D eigenvalue weighted by Crippen LogP contribution is -2.38. The Bertz CT molecular complexity index is 602. The van der Waals surface area contributed by atoms with Crippen molar-refractivity contribution >= 4 is 12.0 Å². The van der Waals surface area contributed by atoms with Crippen LogP contribution in [0, 0.1) is 18.8 Å². The van der Waals surface area contributed by atoms with E-state index < -0.39 is 5.60 Å². The van der Waals surface area contributed by atoms with Crippen molar-refractivity contribution in [3.8, 4) is 0 Å². The van der Waals surface area contributed by atoms with E-state index in [1.807, 2.05) is 32.6 Å². The molecule has 2 unspecified atom stereocenters. The van der Waals surface area contributed by atoms with Crippen LogP contribution in [0.25, 0.3) is 0 Å². The van der Waals surface area contributed by atoms with Gasteiger partial charge in [0, 0.05) is 38.0 Å². The molecule has 6 nitrogen and oxygen atoms in total. The summed E-state index contributed by atoms with van der Waals surface area (Å²) in [7, 11) is 0. The van der Waals surface area contributed by atoms with E-state index in [4.69, 9.17) is 9.15 Å². The number of hydrogen-bond donors (Lipinski definition) is 0. The molecule has 0 N–H and O–H groups in total. The van der Waals surface area contributed by atoms with Gasteiger partial charge < -0.3 is 19.0 Å². The van der Waals surface area contributed by atoms with E-state index in [1.54, 1.807) is 17.0 Å². The predicted molar refractivity (Wildman–Crippen MR) is 84.1 cm³/mol. The summed E-state index contributed by atoms with van der Waals surface area (Å²) < 4.78 is 10.8. The van der Waals surface area contributed by atoms with Crippen molar-refractivity contribution in [3.63, 3.8) is 0 Å². The summed E-state index contributed by atoms with van der Waals surface area (Å²) in [6.07, 6.45) is -0.258. The van der Waals surface area contributed by atoms with E-state index in [9.17, 15) is 9.59 Å². The molecule has 3 rings (SSSR count). The lowest BCUT2D eigenvalue weighted by atomic mass is 10.0. The average Bonchev–Trinajstić information content (AvgIpc) is 3.08. The van der Waals surface area contributed by atoms with Crippen molar-refractivity contribution in [2.24, 2.45) is 11.8 Å². The molecule has 1 aromatic rings. The summed E-state index contributed by atoms with van der Waals surface area (Å²) in [5.41, 5.74) is -0.478. The first-order chi connectivity index (χ1) is 10.7. The molecule has 2 amide bonds. The molecule has 2 atom stereocenters. The zero-order valence-corrected chi connectivity index (χ0v) is 14.2. The summed E-state index contributed by atoms with van der Waals surface area (Å²) in [4.78, 5) is 28.2. The number of nitrogens with zero attached hydrogens (tertiary/aromatic N) is 2. The molecule has 0 aliphatic carbocycles. The van der Waals surface area contributed by atoms with Gasteiger partial charge in [-0.2, -0.15) is 0 Å². The fourth-order valence-electron chi connectivity index (χ4n) is 3.34. The summed E-state index contributed by atoms with van der Waals surface area (Å²) >= 11 is 0. The van der Waals surface area contributed by atoms with Crippen molar-refractivity contribution in [3.05, 3.63) is 23.7 Å². The van der Waals surface area contributed by atoms with Gasteiger partial charge in [-0.25, -0.2) is 4.79 Å². The molecule has 0 aromatic carbocycles. The molecule has 6 heteroatoms. The van der Waals surface area contributed by atoms with Crippen LogP contribution in [0.1, 0.15) is 37.1 Å². The number of aryl methyl sites for hydroxylation is 1. The van der Waals surface area contributed by atoms with Gasteiger partial charge in [-0.15, -0.1) is 0 Å². The Morgan fingerprint density at radius 1 is 1.09 bits per heavy atom. The SMILES string of the molecule is Cc1ccc(C(=O)N2CC3CN(C(=O)OC(C)(C)C)CC3C2)o1. The summed E-state index contributed by atoms with van der Waals surface area (Å²) in [6, 6.07) is 3.52. The number of carbonyl (C=O) groups excluding carboxylic acids is 2. The van der Waals surface area contributed by atoms with E-state index in [2.05, 4.69) is 0 Å². The van der Waals surface area contributed by atoms with Gasteiger partial charge in [0.05, 0.1) is 0 Å². The number of fused-ring (bicyclic) bond motifs is 1.